The van der Waals surface area contributed by atoms with Crippen LogP contribution in [0.15, 0.2) is 10.8 Å². The molecule has 2 aromatic rings. The summed E-state index contributed by atoms with van der Waals surface area (Å²) in [5, 5.41) is 9.05. The molecule has 78 valence electrons. The van der Waals surface area contributed by atoms with Gasteiger partial charge in [0.1, 0.15) is 10.2 Å². The standard InChI is InChI=1S/C9H8BrN3O2/c1-4-7(8(14)15)5(2)13-6(10)3-11-9(13)12-4/h3H,1-2H3,(H,14,15). The van der Waals surface area contributed by atoms with E-state index in [9.17, 15) is 4.79 Å². The van der Waals surface area contributed by atoms with Gasteiger partial charge in [-0.1, -0.05) is 0 Å². The second-order valence-electron chi connectivity index (χ2n) is 3.18. The zero-order chi connectivity index (χ0) is 11.2. The molecule has 1 N–H and O–H groups in total. The molecule has 5 nitrogen and oxygen atoms in total. The second-order valence-corrected chi connectivity index (χ2v) is 3.99. The maximum atomic E-state index is 11.0. The van der Waals surface area contributed by atoms with Crippen LogP contribution in [-0.2, 0) is 0 Å². The average molecular weight is 270 g/mol. The maximum Gasteiger partial charge on any atom is 0.339 e. The number of aryl methyl sites for hydroxylation is 2. The quantitative estimate of drug-likeness (QED) is 0.858. The van der Waals surface area contributed by atoms with Crippen LogP contribution in [0.4, 0.5) is 0 Å². The second kappa shape index (κ2) is 3.30. The topological polar surface area (TPSA) is 67.5 Å². The third kappa shape index (κ3) is 1.41. The molecule has 15 heavy (non-hydrogen) atoms. The molecule has 0 unspecified atom stereocenters. The van der Waals surface area contributed by atoms with Crippen LogP contribution in [0, 0.1) is 13.8 Å². The predicted octanol–water partition coefficient (Wildman–Crippen LogP) is 1.81. The molecule has 0 saturated heterocycles. The molecule has 0 saturated carbocycles. The van der Waals surface area contributed by atoms with E-state index in [-0.39, 0.29) is 5.56 Å². The van der Waals surface area contributed by atoms with Gasteiger partial charge in [-0.15, -0.1) is 0 Å². The van der Waals surface area contributed by atoms with Gasteiger partial charge in [-0.25, -0.2) is 14.8 Å². The van der Waals surface area contributed by atoms with Crippen LogP contribution in [0.3, 0.4) is 0 Å². The van der Waals surface area contributed by atoms with Crippen LogP contribution < -0.4 is 0 Å². The number of rotatable bonds is 1. The molecular weight excluding hydrogens is 262 g/mol. The van der Waals surface area contributed by atoms with Crippen molar-refractivity contribution in [3.8, 4) is 0 Å². The van der Waals surface area contributed by atoms with Crippen molar-refractivity contribution in [2.75, 3.05) is 0 Å². The summed E-state index contributed by atoms with van der Waals surface area (Å²) in [6, 6.07) is 0. The molecule has 0 radical (unpaired) electrons. The first-order valence-corrected chi connectivity index (χ1v) is 5.05. The van der Waals surface area contributed by atoms with Crippen molar-refractivity contribution in [1.82, 2.24) is 14.4 Å². The Morgan fingerprint density at radius 1 is 1.53 bits per heavy atom. The largest absolute Gasteiger partial charge is 0.478 e. The highest BCUT2D eigenvalue weighted by Gasteiger charge is 2.17. The molecule has 0 amide bonds. The average Bonchev–Trinajstić information content (AvgIpc) is 2.46. The van der Waals surface area contributed by atoms with Crippen molar-refractivity contribution in [3.63, 3.8) is 0 Å². The number of imidazole rings is 1. The van der Waals surface area contributed by atoms with Crippen LogP contribution in [0.2, 0.25) is 0 Å². The highest BCUT2D eigenvalue weighted by Crippen LogP contribution is 2.19. The lowest BCUT2D eigenvalue weighted by atomic mass is 10.2. The molecule has 0 aliphatic rings. The van der Waals surface area contributed by atoms with E-state index in [1.807, 2.05) is 0 Å². The fourth-order valence-corrected chi connectivity index (χ4v) is 2.13. The molecule has 0 aliphatic carbocycles. The van der Waals surface area contributed by atoms with Crippen molar-refractivity contribution in [1.29, 1.82) is 0 Å². The van der Waals surface area contributed by atoms with Crippen molar-refractivity contribution in [2.45, 2.75) is 13.8 Å². The summed E-state index contributed by atoms with van der Waals surface area (Å²) in [6.07, 6.45) is 1.60. The van der Waals surface area contributed by atoms with Gasteiger partial charge in [0, 0.05) is 5.69 Å². The summed E-state index contributed by atoms with van der Waals surface area (Å²) in [5.41, 5.74) is 1.32. The van der Waals surface area contributed by atoms with Gasteiger partial charge in [0.25, 0.3) is 0 Å². The number of hydrogen-bond acceptors (Lipinski definition) is 3. The molecule has 2 aromatic heterocycles. The van der Waals surface area contributed by atoms with Gasteiger partial charge in [-0.2, -0.15) is 0 Å². The van der Waals surface area contributed by atoms with Gasteiger partial charge in [-0.05, 0) is 29.8 Å². The van der Waals surface area contributed by atoms with E-state index in [1.54, 1.807) is 24.4 Å². The van der Waals surface area contributed by atoms with Crippen LogP contribution in [0.25, 0.3) is 5.78 Å². The Labute approximate surface area is 93.9 Å². The van der Waals surface area contributed by atoms with Crippen molar-refractivity contribution >= 4 is 27.7 Å². The molecular formula is C9H8BrN3O2. The lowest BCUT2D eigenvalue weighted by molar-refractivity contribution is 0.0694. The molecule has 6 heteroatoms. The minimum absolute atomic E-state index is 0.223. The fraction of sp³-hybridized carbons (Fsp3) is 0.222. The number of nitrogens with zero attached hydrogens (tertiary/aromatic N) is 3. The summed E-state index contributed by atoms with van der Waals surface area (Å²) in [6.45, 7) is 3.40. The van der Waals surface area contributed by atoms with Gasteiger partial charge in [0.05, 0.1) is 11.9 Å². The van der Waals surface area contributed by atoms with Crippen molar-refractivity contribution in [3.05, 3.63) is 27.8 Å². The van der Waals surface area contributed by atoms with Gasteiger partial charge in [0.2, 0.25) is 5.78 Å². The number of carbonyl (C=O) groups is 1. The Balaban J connectivity index is 2.93. The Hall–Kier alpha value is -1.43. The monoisotopic (exact) mass is 269 g/mol. The molecule has 2 heterocycles. The van der Waals surface area contributed by atoms with Crippen LogP contribution in [0.5, 0.6) is 0 Å². The first-order chi connectivity index (χ1) is 7.02. The zero-order valence-electron chi connectivity index (χ0n) is 8.15. The van der Waals surface area contributed by atoms with E-state index in [0.717, 1.165) is 0 Å². The van der Waals surface area contributed by atoms with E-state index in [1.165, 1.54) is 0 Å². The van der Waals surface area contributed by atoms with Crippen LogP contribution in [-0.4, -0.2) is 25.4 Å². The Morgan fingerprint density at radius 3 is 2.80 bits per heavy atom. The summed E-state index contributed by atoms with van der Waals surface area (Å²) < 4.78 is 2.36. The van der Waals surface area contributed by atoms with Crippen LogP contribution in [0.1, 0.15) is 21.7 Å². The van der Waals surface area contributed by atoms with Crippen LogP contribution >= 0.6 is 15.9 Å². The van der Waals surface area contributed by atoms with E-state index in [4.69, 9.17) is 5.11 Å². The van der Waals surface area contributed by atoms with E-state index in [2.05, 4.69) is 25.9 Å². The number of halogens is 1. The molecule has 0 fully saturated rings. The molecule has 0 aromatic carbocycles. The van der Waals surface area contributed by atoms with Gasteiger partial charge >= 0.3 is 5.97 Å². The molecule has 0 aliphatic heterocycles. The number of carboxylic acids is 1. The Morgan fingerprint density at radius 2 is 2.20 bits per heavy atom. The number of aromatic carboxylic acids is 1. The SMILES string of the molecule is Cc1nc2ncc(Br)n2c(C)c1C(=O)O. The predicted molar refractivity (Wildman–Crippen MR) is 57.1 cm³/mol. The van der Waals surface area contributed by atoms with Gasteiger partial charge in [0.15, 0.2) is 0 Å². The fourth-order valence-electron chi connectivity index (χ4n) is 1.60. The number of carboxylic acid groups (broad SMARTS) is 1. The highest BCUT2D eigenvalue weighted by atomic mass is 79.9. The van der Waals surface area contributed by atoms with Gasteiger partial charge in [-0.3, -0.25) is 4.40 Å². The smallest absolute Gasteiger partial charge is 0.339 e. The van der Waals surface area contributed by atoms with E-state index >= 15 is 0 Å². The normalized spacial score (nSPS) is 10.9. The molecule has 0 bridgehead atoms. The van der Waals surface area contributed by atoms with Crippen molar-refractivity contribution in [2.24, 2.45) is 0 Å². The lowest BCUT2D eigenvalue weighted by Crippen LogP contribution is -2.10. The third-order valence-corrected chi connectivity index (χ3v) is 2.80. The number of fused-ring (bicyclic) bond motifs is 1. The highest BCUT2D eigenvalue weighted by molar-refractivity contribution is 9.10. The summed E-state index contributed by atoms with van der Waals surface area (Å²) in [5.74, 6) is -0.470. The first-order valence-electron chi connectivity index (χ1n) is 4.26. The van der Waals surface area contributed by atoms with E-state index < -0.39 is 5.97 Å². The molecule has 0 atom stereocenters. The van der Waals surface area contributed by atoms with Crippen molar-refractivity contribution < 1.29 is 9.90 Å². The van der Waals surface area contributed by atoms with E-state index in [0.29, 0.717) is 21.8 Å². The first kappa shape index (κ1) is 10.1. The minimum Gasteiger partial charge on any atom is -0.478 e. The minimum atomic E-state index is -0.972. The number of hydrogen-bond donors (Lipinski definition) is 1. The zero-order valence-corrected chi connectivity index (χ0v) is 9.74. The molecule has 0 spiro atoms. The summed E-state index contributed by atoms with van der Waals surface area (Å²) in [4.78, 5) is 19.2. The number of aromatic nitrogens is 3. The Kier molecular flexibility index (Phi) is 2.22. The third-order valence-electron chi connectivity index (χ3n) is 2.24. The summed E-state index contributed by atoms with van der Waals surface area (Å²) >= 11 is 3.29. The Bertz CT molecular complexity index is 562. The molecule has 2 rings (SSSR count). The maximum absolute atomic E-state index is 11.0. The lowest BCUT2D eigenvalue weighted by Gasteiger charge is -2.07. The van der Waals surface area contributed by atoms with Gasteiger partial charge < -0.3 is 5.11 Å². The summed E-state index contributed by atoms with van der Waals surface area (Å²) in [7, 11) is 0.